The van der Waals surface area contributed by atoms with E-state index < -0.39 is 0 Å². The highest BCUT2D eigenvalue weighted by Crippen LogP contribution is 2.24. The lowest BCUT2D eigenvalue weighted by Crippen LogP contribution is -2.45. The van der Waals surface area contributed by atoms with Gasteiger partial charge >= 0.3 is 0 Å². The van der Waals surface area contributed by atoms with E-state index >= 15 is 0 Å². The number of rotatable bonds is 7. The number of carbonyl (C=O) groups is 1. The second kappa shape index (κ2) is 7.49. The standard InChI is InChI=1S/C15H21N3O2S/c16-15(21)12-6-1-2-7-13(12)17-14(20)10-18(8-9-19)11-4-3-5-11/h1-2,6-7,11,19H,3-5,8-10H2,(H2,16,21)(H,17,20). The number of aliphatic hydroxyl groups excluding tert-OH is 1. The molecule has 0 atom stereocenters. The third kappa shape index (κ3) is 4.23. The molecule has 1 aliphatic rings. The van der Waals surface area contributed by atoms with E-state index in [0.717, 1.165) is 12.8 Å². The van der Waals surface area contributed by atoms with Crippen LogP contribution >= 0.6 is 12.2 Å². The maximum atomic E-state index is 12.2. The molecule has 0 unspecified atom stereocenters. The fraction of sp³-hybridized carbons (Fsp3) is 0.467. The number of para-hydroxylation sites is 1. The van der Waals surface area contributed by atoms with Crippen LogP contribution in [0.15, 0.2) is 24.3 Å². The molecule has 21 heavy (non-hydrogen) atoms. The van der Waals surface area contributed by atoms with Crippen LogP contribution in [0.2, 0.25) is 0 Å². The Morgan fingerprint density at radius 3 is 2.71 bits per heavy atom. The molecule has 1 amide bonds. The SMILES string of the molecule is NC(=S)c1ccccc1NC(=O)CN(CCO)C1CCC1. The first-order valence-corrected chi connectivity index (χ1v) is 7.56. The number of nitrogens with one attached hydrogen (secondary N) is 1. The largest absolute Gasteiger partial charge is 0.395 e. The lowest BCUT2D eigenvalue weighted by Gasteiger charge is -2.36. The predicted molar refractivity (Wildman–Crippen MR) is 87.3 cm³/mol. The summed E-state index contributed by atoms with van der Waals surface area (Å²) in [6.45, 7) is 0.860. The van der Waals surface area contributed by atoms with Crippen molar-refractivity contribution < 1.29 is 9.90 Å². The van der Waals surface area contributed by atoms with Crippen molar-refractivity contribution in [2.45, 2.75) is 25.3 Å². The van der Waals surface area contributed by atoms with Crippen LogP contribution in [0.3, 0.4) is 0 Å². The molecule has 0 aromatic heterocycles. The zero-order chi connectivity index (χ0) is 15.2. The van der Waals surface area contributed by atoms with Crippen molar-refractivity contribution in [1.82, 2.24) is 4.90 Å². The first-order chi connectivity index (χ1) is 10.1. The molecule has 4 N–H and O–H groups in total. The average Bonchev–Trinajstić information content (AvgIpc) is 2.37. The number of hydrogen-bond donors (Lipinski definition) is 3. The van der Waals surface area contributed by atoms with Gasteiger partial charge in [0.1, 0.15) is 4.99 Å². The average molecular weight is 307 g/mol. The molecule has 0 radical (unpaired) electrons. The van der Waals surface area contributed by atoms with Crippen molar-refractivity contribution >= 4 is 28.8 Å². The molecule has 0 spiro atoms. The number of nitrogens with zero attached hydrogens (tertiary/aromatic N) is 1. The van der Waals surface area contributed by atoms with Crippen LogP contribution in [0, 0.1) is 0 Å². The Morgan fingerprint density at radius 1 is 1.43 bits per heavy atom. The van der Waals surface area contributed by atoms with Crippen molar-refractivity contribution in [1.29, 1.82) is 0 Å². The molecule has 6 heteroatoms. The van der Waals surface area contributed by atoms with Crippen LogP contribution in [0.4, 0.5) is 5.69 Å². The summed E-state index contributed by atoms with van der Waals surface area (Å²) in [5, 5.41) is 12.0. The number of thiocarbonyl (C=S) groups is 1. The van der Waals surface area contributed by atoms with Gasteiger partial charge in [0.2, 0.25) is 5.91 Å². The summed E-state index contributed by atoms with van der Waals surface area (Å²) >= 11 is 4.98. The highest BCUT2D eigenvalue weighted by Gasteiger charge is 2.26. The Hall–Kier alpha value is -1.50. The number of aliphatic hydroxyl groups is 1. The molecular formula is C15H21N3O2S. The topological polar surface area (TPSA) is 78.6 Å². The predicted octanol–water partition coefficient (Wildman–Crippen LogP) is 1.11. The number of hydrogen-bond acceptors (Lipinski definition) is 4. The normalized spacial score (nSPS) is 14.8. The number of nitrogens with two attached hydrogens (primary N) is 1. The van der Waals surface area contributed by atoms with Crippen molar-refractivity contribution in [2.75, 3.05) is 25.0 Å². The summed E-state index contributed by atoms with van der Waals surface area (Å²) in [6, 6.07) is 7.64. The molecule has 0 heterocycles. The van der Waals surface area contributed by atoms with Gasteiger partial charge in [0.25, 0.3) is 0 Å². The summed E-state index contributed by atoms with van der Waals surface area (Å²) in [6.07, 6.45) is 3.38. The van der Waals surface area contributed by atoms with E-state index in [1.54, 1.807) is 12.1 Å². The highest BCUT2D eigenvalue weighted by molar-refractivity contribution is 7.80. The van der Waals surface area contributed by atoms with Gasteiger partial charge in [-0.3, -0.25) is 9.69 Å². The van der Waals surface area contributed by atoms with Gasteiger partial charge in [-0.2, -0.15) is 0 Å². The van der Waals surface area contributed by atoms with E-state index in [9.17, 15) is 4.79 Å². The summed E-state index contributed by atoms with van der Waals surface area (Å²) in [5.41, 5.74) is 6.95. The van der Waals surface area contributed by atoms with Crippen LogP contribution in [0.25, 0.3) is 0 Å². The molecule has 1 saturated carbocycles. The van der Waals surface area contributed by atoms with Crippen LogP contribution in [0.1, 0.15) is 24.8 Å². The summed E-state index contributed by atoms with van der Waals surface area (Å²) in [4.78, 5) is 14.5. The van der Waals surface area contributed by atoms with Crippen LogP contribution in [0.5, 0.6) is 0 Å². The maximum absolute atomic E-state index is 12.2. The minimum absolute atomic E-state index is 0.0628. The molecule has 1 aromatic rings. The number of carbonyl (C=O) groups excluding carboxylic acids is 1. The quantitative estimate of drug-likeness (QED) is 0.658. The second-order valence-electron chi connectivity index (χ2n) is 5.24. The van der Waals surface area contributed by atoms with Crippen molar-refractivity contribution in [3.8, 4) is 0 Å². The zero-order valence-corrected chi connectivity index (χ0v) is 12.7. The first kappa shape index (κ1) is 15.9. The molecule has 1 aliphatic carbocycles. The minimum atomic E-state index is -0.112. The van der Waals surface area contributed by atoms with Crippen LogP contribution < -0.4 is 11.1 Å². The van der Waals surface area contributed by atoms with Gasteiger partial charge in [-0.05, 0) is 25.0 Å². The summed E-state index contributed by atoms with van der Waals surface area (Å²) in [5.74, 6) is -0.112. The lowest BCUT2D eigenvalue weighted by molar-refractivity contribution is -0.118. The molecule has 0 aliphatic heterocycles. The van der Waals surface area contributed by atoms with Crippen molar-refractivity contribution in [2.24, 2.45) is 5.73 Å². The number of amides is 1. The van der Waals surface area contributed by atoms with E-state index in [0.29, 0.717) is 23.8 Å². The van der Waals surface area contributed by atoms with E-state index in [-0.39, 0.29) is 24.0 Å². The van der Waals surface area contributed by atoms with Crippen LogP contribution in [-0.2, 0) is 4.79 Å². The van der Waals surface area contributed by atoms with E-state index in [1.807, 2.05) is 17.0 Å². The van der Waals surface area contributed by atoms with Gasteiger partial charge < -0.3 is 16.2 Å². The fourth-order valence-electron chi connectivity index (χ4n) is 2.45. The fourth-order valence-corrected chi connectivity index (χ4v) is 2.63. The molecule has 2 rings (SSSR count). The Labute approximate surface area is 130 Å². The lowest BCUT2D eigenvalue weighted by atomic mass is 9.91. The van der Waals surface area contributed by atoms with Crippen LogP contribution in [-0.4, -0.2) is 46.6 Å². The maximum Gasteiger partial charge on any atom is 0.238 e. The minimum Gasteiger partial charge on any atom is -0.395 e. The van der Waals surface area contributed by atoms with Gasteiger partial charge in [0, 0.05) is 18.2 Å². The molecule has 0 saturated heterocycles. The van der Waals surface area contributed by atoms with Gasteiger partial charge in [0.05, 0.1) is 18.8 Å². The van der Waals surface area contributed by atoms with Crippen molar-refractivity contribution in [3.63, 3.8) is 0 Å². The number of benzene rings is 1. The van der Waals surface area contributed by atoms with Crippen molar-refractivity contribution in [3.05, 3.63) is 29.8 Å². The summed E-state index contributed by atoms with van der Waals surface area (Å²) < 4.78 is 0. The van der Waals surface area contributed by atoms with E-state index in [2.05, 4.69) is 5.32 Å². The van der Waals surface area contributed by atoms with Gasteiger partial charge in [-0.1, -0.05) is 30.8 Å². The van der Waals surface area contributed by atoms with Gasteiger partial charge in [-0.15, -0.1) is 0 Å². The third-order valence-electron chi connectivity index (χ3n) is 3.79. The molecule has 1 fully saturated rings. The Balaban J connectivity index is 1.98. The Morgan fingerprint density at radius 2 is 2.14 bits per heavy atom. The van der Waals surface area contributed by atoms with E-state index in [1.165, 1.54) is 6.42 Å². The molecule has 5 nitrogen and oxygen atoms in total. The summed E-state index contributed by atoms with van der Waals surface area (Å²) in [7, 11) is 0. The molecular weight excluding hydrogens is 286 g/mol. The first-order valence-electron chi connectivity index (χ1n) is 7.15. The van der Waals surface area contributed by atoms with Gasteiger partial charge in [-0.25, -0.2) is 0 Å². The zero-order valence-electron chi connectivity index (χ0n) is 11.9. The molecule has 1 aromatic carbocycles. The molecule has 0 bridgehead atoms. The monoisotopic (exact) mass is 307 g/mol. The smallest absolute Gasteiger partial charge is 0.238 e. The highest BCUT2D eigenvalue weighted by atomic mass is 32.1. The second-order valence-corrected chi connectivity index (χ2v) is 5.68. The Kier molecular flexibility index (Phi) is 5.67. The number of anilines is 1. The van der Waals surface area contributed by atoms with Gasteiger partial charge in [0.15, 0.2) is 0 Å². The Bertz CT molecular complexity index is 517. The molecule has 114 valence electrons. The third-order valence-corrected chi connectivity index (χ3v) is 4.01. The van der Waals surface area contributed by atoms with E-state index in [4.69, 9.17) is 23.1 Å².